The van der Waals surface area contributed by atoms with E-state index in [1.165, 1.54) is 4.90 Å². The molecule has 58 valence electrons. The largest absolute Gasteiger partial charge is 0.322 e. The van der Waals surface area contributed by atoms with Crippen LogP contribution in [-0.4, -0.2) is 29.2 Å². The molecule has 1 aliphatic rings. The fourth-order valence-corrected chi connectivity index (χ4v) is 0.753. The van der Waals surface area contributed by atoms with E-state index in [1.807, 2.05) is 0 Å². The first-order valence-electron chi connectivity index (χ1n) is 3.30. The minimum Gasteiger partial charge on any atom is -0.322 e. The van der Waals surface area contributed by atoms with Gasteiger partial charge in [0.15, 0.2) is 0 Å². The van der Waals surface area contributed by atoms with Crippen molar-refractivity contribution in [2.75, 3.05) is 7.05 Å². The average Bonchev–Trinajstić information content (AvgIpc) is 1.95. The summed E-state index contributed by atoms with van der Waals surface area (Å²) in [6.45, 7) is 3.36. The molecule has 1 rings (SSSR count). The Bertz CT molecular complexity index is 280. The van der Waals surface area contributed by atoms with Crippen LogP contribution in [-0.2, 0) is 9.59 Å². The maximum absolute atomic E-state index is 11.1. The van der Waals surface area contributed by atoms with Gasteiger partial charge in [0.2, 0.25) is 5.78 Å². The highest BCUT2D eigenvalue weighted by Gasteiger charge is 2.36. The summed E-state index contributed by atoms with van der Waals surface area (Å²) in [6, 6.07) is 0. The molecule has 0 bridgehead atoms. The lowest BCUT2D eigenvalue weighted by Crippen LogP contribution is -2.52. The van der Waals surface area contributed by atoms with Crippen molar-refractivity contribution < 1.29 is 9.59 Å². The minimum absolute atomic E-state index is 0.209. The fraction of sp³-hybridized carbons (Fsp3) is 0.500. The molecule has 0 saturated carbocycles. The van der Waals surface area contributed by atoms with Crippen molar-refractivity contribution in [2.24, 2.45) is 0 Å². The van der Waals surface area contributed by atoms with Crippen molar-refractivity contribution >= 4 is 11.7 Å². The number of carbonyl (C=O) groups is 2. The van der Waals surface area contributed by atoms with Crippen molar-refractivity contribution in [3.8, 4) is 11.8 Å². The quantitative estimate of drug-likeness (QED) is 0.355. The van der Waals surface area contributed by atoms with Crippen LogP contribution in [0.25, 0.3) is 0 Å². The van der Waals surface area contributed by atoms with Crippen LogP contribution in [0.5, 0.6) is 0 Å². The number of nitrogens with zero attached hydrogens (tertiary/aromatic N) is 1. The number of ketones is 1. The summed E-state index contributed by atoms with van der Waals surface area (Å²) in [5.74, 6) is 3.99. The van der Waals surface area contributed by atoms with Gasteiger partial charge in [-0.1, -0.05) is 0 Å². The first-order chi connectivity index (χ1) is 4.96. The number of Topliss-reactive ketones (excluding diaryl/α,β-unsaturated/α-hetero) is 1. The maximum atomic E-state index is 11.1. The molecule has 3 heteroatoms. The van der Waals surface area contributed by atoms with Crippen LogP contribution in [0.2, 0.25) is 0 Å². The van der Waals surface area contributed by atoms with E-state index in [2.05, 4.69) is 11.8 Å². The Labute approximate surface area is 65.4 Å². The molecule has 0 fully saturated rings. The van der Waals surface area contributed by atoms with Crippen LogP contribution in [0, 0.1) is 11.8 Å². The molecule has 1 aliphatic heterocycles. The van der Waals surface area contributed by atoms with E-state index in [1.54, 1.807) is 20.9 Å². The van der Waals surface area contributed by atoms with Crippen molar-refractivity contribution in [1.29, 1.82) is 0 Å². The van der Waals surface area contributed by atoms with Crippen LogP contribution in [0.3, 0.4) is 0 Å². The maximum Gasteiger partial charge on any atom is 0.299 e. The zero-order valence-corrected chi connectivity index (χ0v) is 6.76. The summed E-state index contributed by atoms with van der Waals surface area (Å²) >= 11 is 0. The first-order valence-corrected chi connectivity index (χ1v) is 3.30. The van der Waals surface area contributed by atoms with Crippen LogP contribution >= 0.6 is 0 Å². The Morgan fingerprint density at radius 2 is 1.82 bits per heavy atom. The molecule has 0 spiro atoms. The Kier molecular flexibility index (Phi) is 1.48. The third-order valence-electron chi connectivity index (χ3n) is 1.98. The lowest BCUT2D eigenvalue weighted by molar-refractivity contribution is -0.137. The summed E-state index contributed by atoms with van der Waals surface area (Å²) in [6.07, 6.45) is 0. The van der Waals surface area contributed by atoms with Crippen molar-refractivity contribution in [2.45, 2.75) is 19.4 Å². The predicted octanol–water partition coefficient (Wildman–Crippen LogP) is -0.191. The van der Waals surface area contributed by atoms with Gasteiger partial charge in [-0.3, -0.25) is 9.59 Å². The molecule has 1 amide bonds. The van der Waals surface area contributed by atoms with E-state index in [9.17, 15) is 9.59 Å². The standard InChI is InChI=1S/C8H9NO2/c1-8(2)6(10)4-5-7(11)9(8)3/h1-3H3. The zero-order chi connectivity index (χ0) is 8.65. The van der Waals surface area contributed by atoms with Crippen LogP contribution in [0.4, 0.5) is 0 Å². The monoisotopic (exact) mass is 151 g/mol. The van der Waals surface area contributed by atoms with Gasteiger partial charge in [0, 0.05) is 13.0 Å². The van der Waals surface area contributed by atoms with Crippen molar-refractivity contribution in [3.05, 3.63) is 0 Å². The summed E-state index contributed by atoms with van der Waals surface area (Å²) in [7, 11) is 1.58. The molecule has 0 N–H and O–H groups in total. The molecular weight excluding hydrogens is 142 g/mol. The molecule has 0 aliphatic carbocycles. The number of hydrogen-bond donors (Lipinski definition) is 0. The Morgan fingerprint density at radius 1 is 1.27 bits per heavy atom. The lowest BCUT2D eigenvalue weighted by atomic mass is 9.95. The summed E-state index contributed by atoms with van der Waals surface area (Å²) in [5.41, 5.74) is -0.762. The zero-order valence-electron chi connectivity index (χ0n) is 6.76. The van der Waals surface area contributed by atoms with Crippen molar-refractivity contribution in [1.82, 2.24) is 4.90 Å². The van der Waals surface area contributed by atoms with E-state index in [4.69, 9.17) is 0 Å². The molecular formula is C8H9NO2. The Hall–Kier alpha value is -1.30. The van der Waals surface area contributed by atoms with Crippen molar-refractivity contribution in [3.63, 3.8) is 0 Å². The summed E-state index contributed by atoms with van der Waals surface area (Å²) in [5, 5.41) is 0. The second-order valence-corrected chi connectivity index (χ2v) is 3.00. The number of hydrogen-bond acceptors (Lipinski definition) is 2. The van der Waals surface area contributed by atoms with Gasteiger partial charge in [-0.25, -0.2) is 0 Å². The topological polar surface area (TPSA) is 37.4 Å². The Balaban J connectivity index is 3.13. The van der Waals surface area contributed by atoms with Gasteiger partial charge in [0.25, 0.3) is 5.91 Å². The van der Waals surface area contributed by atoms with E-state index in [-0.39, 0.29) is 11.7 Å². The number of carbonyl (C=O) groups excluding carboxylic acids is 2. The van der Waals surface area contributed by atoms with Crippen LogP contribution in [0.15, 0.2) is 0 Å². The lowest BCUT2D eigenvalue weighted by Gasteiger charge is -2.32. The first kappa shape index (κ1) is 7.80. The third kappa shape index (κ3) is 1.01. The SMILES string of the molecule is CN1C(=O)C#CC(=O)C1(C)C. The molecule has 0 radical (unpaired) electrons. The Morgan fingerprint density at radius 3 is 2.27 bits per heavy atom. The van der Waals surface area contributed by atoms with Gasteiger partial charge < -0.3 is 4.90 Å². The molecule has 0 aromatic carbocycles. The van der Waals surface area contributed by atoms with Gasteiger partial charge >= 0.3 is 0 Å². The highest BCUT2D eigenvalue weighted by molar-refractivity contribution is 6.13. The highest BCUT2D eigenvalue weighted by Crippen LogP contribution is 2.15. The second kappa shape index (κ2) is 2.09. The molecule has 0 unspecified atom stereocenters. The van der Waals surface area contributed by atoms with Gasteiger partial charge in [0.05, 0.1) is 0 Å². The normalized spacial score (nSPS) is 21.2. The molecule has 0 saturated heterocycles. The average molecular weight is 151 g/mol. The van der Waals surface area contributed by atoms with E-state index in [0.29, 0.717) is 0 Å². The van der Waals surface area contributed by atoms with E-state index < -0.39 is 5.54 Å². The fourth-order valence-electron chi connectivity index (χ4n) is 0.753. The molecule has 0 atom stereocenters. The molecule has 1 heterocycles. The van der Waals surface area contributed by atoms with E-state index in [0.717, 1.165) is 0 Å². The molecule has 3 nitrogen and oxygen atoms in total. The van der Waals surface area contributed by atoms with Gasteiger partial charge in [0.1, 0.15) is 5.54 Å². The second-order valence-electron chi connectivity index (χ2n) is 3.00. The van der Waals surface area contributed by atoms with Gasteiger partial charge in [-0.15, -0.1) is 0 Å². The molecule has 0 aromatic rings. The highest BCUT2D eigenvalue weighted by atomic mass is 16.2. The van der Waals surface area contributed by atoms with Gasteiger partial charge in [-0.2, -0.15) is 0 Å². The van der Waals surface area contributed by atoms with Crippen LogP contribution in [0.1, 0.15) is 13.8 Å². The molecule has 0 aromatic heterocycles. The smallest absolute Gasteiger partial charge is 0.299 e. The predicted molar refractivity (Wildman–Crippen MR) is 39.6 cm³/mol. The summed E-state index contributed by atoms with van der Waals surface area (Å²) < 4.78 is 0. The number of likely N-dealkylation sites (N-methyl/N-ethyl adjacent to an activating group) is 1. The van der Waals surface area contributed by atoms with E-state index >= 15 is 0 Å². The van der Waals surface area contributed by atoms with Gasteiger partial charge in [-0.05, 0) is 19.8 Å². The number of rotatable bonds is 0. The number of amides is 1. The minimum atomic E-state index is -0.762. The summed E-state index contributed by atoms with van der Waals surface area (Å²) in [4.78, 5) is 23.4. The third-order valence-corrected chi connectivity index (χ3v) is 1.98. The van der Waals surface area contributed by atoms with Crippen LogP contribution < -0.4 is 0 Å². The molecule has 11 heavy (non-hydrogen) atoms.